The van der Waals surface area contributed by atoms with Gasteiger partial charge in [-0.1, -0.05) is 18.2 Å². The SMILES string of the molecule is CN=C(NCCc1csc(C)n1)NCc1ccc(OCc2ccccn2)cc1.I. The molecule has 3 aromatic rings. The summed E-state index contributed by atoms with van der Waals surface area (Å²) in [4.78, 5) is 13.0. The maximum atomic E-state index is 5.77. The van der Waals surface area contributed by atoms with Gasteiger partial charge >= 0.3 is 0 Å². The van der Waals surface area contributed by atoms with E-state index in [0.29, 0.717) is 13.2 Å². The van der Waals surface area contributed by atoms with Gasteiger partial charge in [-0.25, -0.2) is 4.98 Å². The van der Waals surface area contributed by atoms with Crippen LogP contribution in [0, 0.1) is 6.92 Å². The highest BCUT2D eigenvalue weighted by Gasteiger charge is 2.02. The Morgan fingerprint density at radius 1 is 1.10 bits per heavy atom. The van der Waals surface area contributed by atoms with E-state index < -0.39 is 0 Å². The molecular formula is C21H26IN5OS. The van der Waals surface area contributed by atoms with Gasteiger partial charge in [0.2, 0.25) is 0 Å². The van der Waals surface area contributed by atoms with E-state index >= 15 is 0 Å². The molecule has 0 unspecified atom stereocenters. The van der Waals surface area contributed by atoms with Crippen molar-refractivity contribution in [2.24, 2.45) is 4.99 Å². The minimum Gasteiger partial charge on any atom is -0.487 e. The molecule has 0 radical (unpaired) electrons. The predicted molar refractivity (Wildman–Crippen MR) is 129 cm³/mol. The molecule has 0 amide bonds. The Kier molecular flexibility index (Phi) is 9.85. The monoisotopic (exact) mass is 523 g/mol. The number of aromatic nitrogens is 2. The molecule has 3 rings (SSSR count). The summed E-state index contributed by atoms with van der Waals surface area (Å²) >= 11 is 1.68. The Bertz CT molecular complexity index is 884. The number of thiazole rings is 1. The lowest BCUT2D eigenvalue weighted by Crippen LogP contribution is -2.37. The van der Waals surface area contributed by atoms with Crippen LogP contribution < -0.4 is 15.4 Å². The van der Waals surface area contributed by atoms with Gasteiger partial charge in [-0.3, -0.25) is 9.98 Å². The average Bonchev–Trinajstić information content (AvgIpc) is 3.15. The van der Waals surface area contributed by atoms with Crippen LogP contribution in [0.2, 0.25) is 0 Å². The van der Waals surface area contributed by atoms with Gasteiger partial charge in [0.05, 0.1) is 16.4 Å². The van der Waals surface area contributed by atoms with Gasteiger partial charge in [-0.2, -0.15) is 0 Å². The number of aryl methyl sites for hydroxylation is 1. The molecule has 0 aliphatic rings. The summed E-state index contributed by atoms with van der Waals surface area (Å²) in [6.07, 6.45) is 2.65. The standard InChI is InChI=1S/C21H25N5OS.HI/c1-16-26-19(15-28-16)10-12-24-21(22-2)25-13-17-6-8-20(9-7-17)27-14-18-5-3-4-11-23-18;/h3-9,11,15H,10,12-14H2,1-2H3,(H2,22,24,25);1H. The minimum atomic E-state index is 0. The fourth-order valence-electron chi connectivity index (χ4n) is 2.58. The van der Waals surface area contributed by atoms with Crippen LogP contribution in [0.4, 0.5) is 0 Å². The van der Waals surface area contributed by atoms with Crippen molar-refractivity contribution in [1.82, 2.24) is 20.6 Å². The van der Waals surface area contributed by atoms with E-state index in [2.05, 4.69) is 31.0 Å². The highest BCUT2D eigenvalue weighted by molar-refractivity contribution is 14.0. The molecule has 8 heteroatoms. The third kappa shape index (κ3) is 7.98. The quantitative estimate of drug-likeness (QED) is 0.266. The molecule has 1 aromatic carbocycles. The number of halogens is 1. The first-order valence-electron chi connectivity index (χ1n) is 9.20. The van der Waals surface area contributed by atoms with Crippen molar-refractivity contribution >= 4 is 41.3 Å². The van der Waals surface area contributed by atoms with E-state index in [-0.39, 0.29) is 24.0 Å². The first-order chi connectivity index (χ1) is 13.7. The molecule has 154 valence electrons. The van der Waals surface area contributed by atoms with E-state index in [1.54, 1.807) is 24.6 Å². The molecule has 0 aliphatic heterocycles. The zero-order chi connectivity index (χ0) is 19.6. The molecule has 0 saturated carbocycles. The Morgan fingerprint density at radius 2 is 1.93 bits per heavy atom. The van der Waals surface area contributed by atoms with Crippen LogP contribution in [0.3, 0.4) is 0 Å². The first kappa shape index (κ1) is 23.1. The van der Waals surface area contributed by atoms with Crippen molar-refractivity contribution < 1.29 is 4.74 Å². The topological polar surface area (TPSA) is 71.4 Å². The average molecular weight is 523 g/mol. The summed E-state index contributed by atoms with van der Waals surface area (Å²) < 4.78 is 5.77. The Hall–Kier alpha value is -2.20. The fraction of sp³-hybridized carbons (Fsp3) is 0.286. The van der Waals surface area contributed by atoms with Crippen LogP contribution >= 0.6 is 35.3 Å². The normalized spacial score (nSPS) is 10.9. The smallest absolute Gasteiger partial charge is 0.191 e. The minimum absolute atomic E-state index is 0. The van der Waals surface area contributed by atoms with Crippen LogP contribution in [0.15, 0.2) is 59.0 Å². The van der Waals surface area contributed by atoms with Gasteiger partial charge in [0.1, 0.15) is 12.4 Å². The summed E-state index contributed by atoms with van der Waals surface area (Å²) in [5, 5.41) is 9.85. The number of nitrogens with one attached hydrogen (secondary N) is 2. The van der Waals surface area contributed by atoms with Crippen molar-refractivity contribution in [1.29, 1.82) is 0 Å². The molecule has 0 bridgehead atoms. The Morgan fingerprint density at radius 3 is 2.59 bits per heavy atom. The molecule has 2 aromatic heterocycles. The van der Waals surface area contributed by atoms with Gasteiger partial charge < -0.3 is 15.4 Å². The van der Waals surface area contributed by atoms with Gasteiger partial charge in [-0.05, 0) is 36.8 Å². The highest BCUT2D eigenvalue weighted by Crippen LogP contribution is 2.13. The molecule has 0 atom stereocenters. The zero-order valence-corrected chi connectivity index (χ0v) is 19.7. The van der Waals surface area contributed by atoms with Crippen LogP contribution in [-0.2, 0) is 19.6 Å². The maximum absolute atomic E-state index is 5.77. The summed E-state index contributed by atoms with van der Waals surface area (Å²) in [6, 6.07) is 13.8. The number of nitrogens with zero attached hydrogens (tertiary/aromatic N) is 3. The second-order valence-corrected chi connectivity index (χ2v) is 7.28. The lowest BCUT2D eigenvalue weighted by molar-refractivity contribution is 0.301. The van der Waals surface area contributed by atoms with Gasteiger partial charge in [0.15, 0.2) is 5.96 Å². The number of aliphatic imine (C=N–C) groups is 1. The maximum Gasteiger partial charge on any atom is 0.191 e. The zero-order valence-electron chi connectivity index (χ0n) is 16.6. The van der Waals surface area contributed by atoms with Crippen molar-refractivity contribution in [3.63, 3.8) is 0 Å². The number of pyridine rings is 1. The number of ether oxygens (including phenoxy) is 1. The lowest BCUT2D eigenvalue weighted by Gasteiger charge is -2.12. The van der Waals surface area contributed by atoms with Crippen molar-refractivity contribution in [3.8, 4) is 5.75 Å². The fourth-order valence-corrected chi connectivity index (χ4v) is 3.23. The second-order valence-electron chi connectivity index (χ2n) is 6.21. The second kappa shape index (κ2) is 12.4. The highest BCUT2D eigenvalue weighted by atomic mass is 127. The molecule has 2 N–H and O–H groups in total. The first-order valence-corrected chi connectivity index (χ1v) is 10.1. The molecule has 2 heterocycles. The predicted octanol–water partition coefficient (Wildman–Crippen LogP) is 3.95. The number of guanidine groups is 1. The van der Waals surface area contributed by atoms with Crippen molar-refractivity contribution in [2.75, 3.05) is 13.6 Å². The van der Waals surface area contributed by atoms with Crippen LogP contribution in [0.5, 0.6) is 5.75 Å². The molecule has 6 nitrogen and oxygen atoms in total. The van der Waals surface area contributed by atoms with Crippen molar-refractivity contribution in [3.05, 3.63) is 76.0 Å². The molecule has 0 fully saturated rings. The van der Waals surface area contributed by atoms with E-state index in [4.69, 9.17) is 4.74 Å². The molecule has 0 spiro atoms. The lowest BCUT2D eigenvalue weighted by atomic mass is 10.2. The van der Waals surface area contributed by atoms with E-state index in [1.807, 2.05) is 49.4 Å². The number of hydrogen-bond acceptors (Lipinski definition) is 5. The van der Waals surface area contributed by atoms with Crippen LogP contribution in [0.1, 0.15) is 22.0 Å². The Labute approximate surface area is 192 Å². The summed E-state index contributed by atoms with van der Waals surface area (Å²) in [5.41, 5.74) is 3.19. The third-order valence-corrected chi connectivity index (χ3v) is 4.88. The number of rotatable bonds is 8. The largest absolute Gasteiger partial charge is 0.487 e. The van der Waals surface area contributed by atoms with E-state index in [9.17, 15) is 0 Å². The summed E-state index contributed by atoms with van der Waals surface area (Å²) in [6.45, 7) is 3.98. The number of hydrogen-bond donors (Lipinski definition) is 2. The van der Waals surface area contributed by atoms with E-state index in [0.717, 1.165) is 46.6 Å². The molecule has 29 heavy (non-hydrogen) atoms. The summed E-state index contributed by atoms with van der Waals surface area (Å²) in [7, 11) is 1.77. The summed E-state index contributed by atoms with van der Waals surface area (Å²) in [5.74, 6) is 1.61. The van der Waals surface area contributed by atoms with Gasteiger partial charge in [-0.15, -0.1) is 35.3 Å². The van der Waals surface area contributed by atoms with Gasteiger partial charge in [0, 0.05) is 38.1 Å². The number of benzene rings is 1. The van der Waals surface area contributed by atoms with Gasteiger partial charge in [0.25, 0.3) is 0 Å². The van der Waals surface area contributed by atoms with Crippen LogP contribution in [-0.4, -0.2) is 29.5 Å². The van der Waals surface area contributed by atoms with Crippen molar-refractivity contribution in [2.45, 2.75) is 26.5 Å². The Balaban J connectivity index is 0.00000300. The molecular weight excluding hydrogens is 497 g/mol. The van der Waals surface area contributed by atoms with Crippen LogP contribution in [0.25, 0.3) is 0 Å². The third-order valence-electron chi connectivity index (χ3n) is 4.06. The van der Waals surface area contributed by atoms with E-state index in [1.165, 1.54) is 0 Å². The molecule has 0 saturated heterocycles. The molecule has 0 aliphatic carbocycles.